The normalized spacial score (nSPS) is 13.5. The molecule has 136 valence electrons. The van der Waals surface area contributed by atoms with Gasteiger partial charge in [0.25, 0.3) is 0 Å². The van der Waals surface area contributed by atoms with E-state index < -0.39 is 0 Å². The molecule has 0 radical (unpaired) electrons. The fraction of sp³-hybridized carbons (Fsp3) is 0.520. The molecular weight excluding hydrogens is 300 g/mol. The van der Waals surface area contributed by atoms with Crippen molar-refractivity contribution in [1.82, 2.24) is 0 Å². The minimum absolute atomic E-state index is 0.855. The molecule has 0 amide bonds. The van der Waals surface area contributed by atoms with E-state index in [1.165, 1.54) is 68.9 Å². The van der Waals surface area contributed by atoms with E-state index in [2.05, 4.69) is 74.5 Å². The summed E-state index contributed by atoms with van der Waals surface area (Å²) < 4.78 is 0. The van der Waals surface area contributed by atoms with E-state index >= 15 is 0 Å². The zero-order chi connectivity index (χ0) is 17.7. The summed E-state index contributed by atoms with van der Waals surface area (Å²) in [5.74, 6) is 1.71. The molecule has 0 nitrogen and oxygen atoms in total. The van der Waals surface area contributed by atoms with Gasteiger partial charge in [0.2, 0.25) is 0 Å². The SMILES string of the molecule is CCC(CCCCCC(CC)Cc1ccccc1)Cc1ccccc1. The van der Waals surface area contributed by atoms with Crippen LogP contribution in [0.15, 0.2) is 60.7 Å². The Hall–Kier alpha value is -1.56. The van der Waals surface area contributed by atoms with Crippen molar-refractivity contribution >= 4 is 0 Å². The van der Waals surface area contributed by atoms with Gasteiger partial charge in [0, 0.05) is 0 Å². The van der Waals surface area contributed by atoms with Crippen LogP contribution in [0.4, 0.5) is 0 Å². The van der Waals surface area contributed by atoms with Gasteiger partial charge < -0.3 is 0 Å². The number of benzene rings is 2. The van der Waals surface area contributed by atoms with Gasteiger partial charge in [0.15, 0.2) is 0 Å². The van der Waals surface area contributed by atoms with Gasteiger partial charge in [-0.25, -0.2) is 0 Å². The summed E-state index contributed by atoms with van der Waals surface area (Å²) in [5, 5.41) is 0. The average molecular weight is 337 g/mol. The second-order valence-electron chi connectivity index (χ2n) is 7.57. The van der Waals surface area contributed by atoms with Gasteiger partial charge in [-0.3, -0.25) is 0 Å². The molecule has 0 saturated carbocycles. The molecule has 0 saturated heterocycles. The molecule has 0 heterocycles. The van der Waals surface area contributed by atoms with E-state index in [0.717, 1.165) is 11.8 Å². The van der Waals surface area contributed by atoms with Crippen molar-refractivity contribution in [3.8, 4) is 0 Å². The van der Waals surface area contributed by atoms with E-state index in [4.69, 9.17) is 0 Å². The summed E-state index contributed by atoms with van der Waals surface area (Å²) in [4.78, 5) is 0. The van der Waals surface area contributed by atoms with E-state index in [0.29, 0.717) is 0 Å². The maximum absolute atomic E-state index is 2.35. The third-order valence-electron chi connectivity index (χ3n) is 5.61. The Morgan fingerprint density at radius 2 is 0.960 bits per heavy atom. The fourth-order valence-electron chi connectivity index (χ4n) is 3.84. The van der Waals surface area contributed by atoms with Crippen LogP contribution < -0.4 is 0 Å². The van der Waals surface area contributed by atoms with Crippen LogP contribution in [0.25, 0.3) is 0 Å². The summed E-state index contributed by atoms with van der Waals surface area (Å²) in [5.41, 5.74) is 3.01. The van der Waals surface area contributed by atoms with Crippen molar-refractivity contribution in [3.05, 3.63) is 71.8 Å². The summed E-state index contributed by atoms with van der Waals surface area (Å²) in [6.07, 6.45) is 12.1. The summed E-state index contributed by atoms with van der Waals surface area (Å²) in [7, 11) is 0. The molecule has 2 unspecified atom stereocenters. The molecule has 0 aliphatic carbocycles. The highest BCUT2D eigenvalue weighted by atomic mass is 14.1. The molecule has 0 heteroatoms. The lowest BCUT2D eigenvalue weighted by Gasteiger charge is -2.17. The molecule has 0 fully saturated rings. The predicted octanol–water partition coefficient (Wildman–Crippen LogP) is 7.47. The van der Waals surface area contributed by atoms with Crippen molar-refractivity contribution in [3.63, 3.8) is 0 Å². The van der Waals surface area contributed by atoms with Crippen LogP contribution in [0.5, 0.6) is 0 Å². The third-order valence-corrected chi connectivity index (χ3v) is 5.61. The Morgan fingerprint density at radius 3 is 1.32 bits per heavy atom. The maximum Gasteiger partial charge on any atom is -0.0250 e. The van der Waals surface area contributed by atoms with Crippen LogP contribution in [0.3, 0.4) is 0 Å². The Balaban J connectivity index is 1.62. The fourth-order valence-corrected chi connectivity index (χ4v) is 3.84. The van der Waals surface area contributed by atoms with Gasteiger partial charge in [-0.15, -0.1) is 0 Å². The molecule has 0 bridgehead atoms. The second kappa shape index (κ2) is 11.9. The van der Waals surface area contributed by atoms with Crippen molar-refractivity contribution in [1.29, 1.82) is 0 Å². The number of hydrogen-bond acceptors (Lipinski definition) is 0. The summed E-state index contributed by atoms with van der Waals surface area (Å²) in [6, 6.07) is 22.0. The van der Waals surface area contributed by atoms with E-state index in [-0.39, 0.29) is 0 Å². The van der Waals surface area contributed by atoms with Gasteiger partial charge in [-0.2, -0.15) is 0 Å². The van der Waals surface area contributed by atoms with Crippen molar-refractivity contribution < 1.29 is 0 Å². The van der Waals surface area contributed by atoms with E-state index in [1.54, 1.807) is 0 Å². The Labute approximate surface area is 155 Å². The highest BCUT2D eigenvalue weighted by Crippen LogP contribution is 2.22. The van der Waals surface area contributed by atoms with Gasteiger partial charge in [0.1, 0.15) is 0 Å². The first-order chi connectivity index (χ1) is 12.3. The van der Waals surface area contributed by atoms with E-state index in [1.807, 2.05) is 0 Å². The number of hydrogen-bond donors (Lipinski definition) is 0. The minimum Gasteiger partial charge on any atom is -0.0651 e. The topological polar surface area (TPSA) is 0 Å². The standard InChI is InChI=1S/C25H36/c1-3-22(20-24-16-10-6-11-17-24)14-8-5-9-15-23(4-2)21-25-18-12-7-13-19-25/h6-7,10-13,16-19,22-23H,3-5,8-9,14-15,20-21H2,1-2H3. The monoisotopic (exact) mass is 336 g/mol. The van der Waals surface area contributed by atoms with Gasteiger partial charge in [0.05, 0.1) is 0 Å². The maximum atomic E-state index is 2.35. The first-order valence-electron chi connectivity index (χ1n) is 10.4. The van der Waals surface area contributed by atoms with Crippen LogP contribution in [0.2, 0.25) is 0 Å². The van der Waals surface area contributed by atoms with Crippen molar-refractivity contribution in [2.24, 2.45) is 11.8 Å². The highest BCUT2D eigenvalue weighted by molar-refractivity contribution is 5.15. The molecule has 2 aromatic carbocycles. The zero-order valence-corrected chi connectivity index (χ0v) is 16.3. The molecule has 25 heavy (non-hydrogen) atoms. The quantitative estimate of drug-likeness (QED) is 0.352. The lowest BCUT2D eigenvalue weighted by Crippen LogP contribution is -2.05. The third kappa shape index (κ3) is 7.90. The van der Waals surface area contributed by atoms with Crippen LogP contribution >= 0.6 is 0 Å². The molecule has 0 N–H and O–H groups in total. The van der Waals surface area contributed by atoms with Crippen LogP contribution in [-0.4, -0.2) is 0 Å². The Kier molecular flexibility index (Phi) is 9.41. The second-order valence-corrected chi connectivity index (χ2v) is 7.57. The summed E-state index contributed by atoms with van der Waals surface area (Å²) >= 11 is 0. The smallest absolute Gasteiger partial charge is 0.0250 e. The molecule has 2 aromatic rings. The van der Waals surface area contributed by atoms with Gasteiger partial charge in [-0.1, -0.05) is 119 Å². The molecule has 0 spiro atoms. The predicted molar refractivity (Wildman–Crippen MR) is 111 cm³/mol. The zero-order valence-electron chi connectivity index (χ0n) is 16.3. The van der Waals surface area contributed by atoms with Crippen molar-refractivity contribution in [2.45, 2.75) is 71.6 Å². The Bertz CT molecular complexity index is 491. The summed E-state index contributed by atoms with van der Waals surface area (Å²) in [6.45, 7) is 4.70. The molecule has 2 atom stereocenters. The molecule has 0 aliphatic rings. The molecule has 0 aromatic heterocycles. The average Bonchev–Trinajstić information content (AvgIpc) is 2.67. The van der Waals surface area contributed by atoms with E-state index in [9.17, 15) is 0 Å². The molecule has 2 rings (SSSR count). The lowest BCUT2D eigenvalue weighted by atomic mass is 9.89. The Morgan fingerprint density at radius 1 is 0.560 bits per heavy atom. The van der Waals surface area contributed by atoms with Gasteiger partial charge >= 0.3 is 0 Å². The van der Waals surface area contributed by atoms with Crippen LogP contribution in [0, 0.1) is 11.8 Å². The largest absolute Gasteiger partial charge is 0.0651 e. The number of rotatable bonds is 12. The first-order valence-corrected chi connectivity index (χ1v) is 10.4. The lowest BCUT2D eigenvalue weighted by molar-refractivity contribution is 0.408. The van der Waals surface area contributed by atoms with Gasteiger partial charge in [-0.05, 0) is 35.8 Å². The molecule has 0 aliphatic heterocycles. The van der Waals surface area contributed by atoms with Crippen LogP contribution in [-0.2, 0) is 12.8 Å². The van der Waals surface area contributed by atoms with Crippen molar-refractivity contribution in [2.75, 3.05) is 0 Å². The highest BCUT2D eigenvalue weighted by Gasteiger charge is 2.09. The molecular formula is C25H36. The minimum atomic E-state index is 0.855. The number of unbranched alkanes of at least 4 members (excludes halogenated alkanes) is 2. The van der Waals surface area contributed by atoms with Crippen LogP contribution in [0.1, 0.15) is 69.9 Å². The first kappa shape index (κ1) is 19.8.